The molecule has 11 heteroatoms. The Labute approximate surface area is 179 Å². The van der Waals surface area contributed by atoms with E-state index in [2.05, 4.69) is 0 Å². The molecule has 31 heavy (non-hydrogen) atoms. The van der Waals surface area contributed by atoms with Crippen molar-refractivity contribution in [3.63, 3.8) is 0 Å². The molecule has 0 spiro atoms. The van der Waals surface area contributed by atoms with E-state index >= 15 is 0 Å². The molecule has 2 aromatic carbocycles. The molecule has 3 rings (SSSR count). The van der Waals surface area contributed by atoms with Gasteiger partial charge in [-0.1, -0.05) is 18.2 Å². The summed E-state index contributed by atoms with van der Waals surface area (Å²) in [6.07, 6.45) is -3.63. The number of hydrogen-bond acceptors (Lipinski definition) is 9. The maximum absolute atomic E-state index is 12.8. The standard InChI is InChI=1S/C20H21NO9S/c1-13-19(29-20(22)14-6-4-3-5-7-14)17(12-18(27-2)28-13)30-31(25,26)16-10-8-15(9-11-16)21(23)24/h3-11,13,17-19H,12H2,1-2H3/t13-,17-,18-,19-/m1/s1. The van der Waals surface area contributed by atoms with Crippen LogP contribution in [0.15, 0.2) is 59.5 Å². The second-order valence-corrected chi connectivity index (χ2v) is 8.39. The van der Waals surface area contributed by atoms with Crippen LogP contribution in [0.4, 0.5) is 5.69 Å². The van der Waals surface area contributed by atoms with Crippen LogP contribution in [-0.2, 0) is 28.5 Å². The Bertz CT molecular complexity index is 1020. The molecule has 4 atom stereocenters. The highest BCUT2D eigenvalue weighted by molar-refractivity contribution is 7.86. The molecule has 1 aliphatic heterocycles. The van der Waals surface area contributed by atoms with Gasteiger partial charge in [0.1, 0.15) is 6.10 Å². The van der Waals surface area contributed by atoms with Crippen LogP contribution >= 0.6 is 0 Å². The monoisotopic (exact) mass is 451 g/mol. The van der Waals surface area contributed by atoms with Crippen LogP contribution in [0.1, 0.15) is 23.7 Å². The van der Waals surface area contributed by atoms with Crippen LogP contribution in [-0.4, -0.2) is 51.0 Å². The van der Waals surface area contributed by atoms with Gasteiger partial charge in [0.2, 0.25) is 0 Å². The van der Waals surface area contributed by atoms with Crippen molar-refractivity contribution < 1.29 is 36.5 Å². The van der Waals surface area contributed by atoms with E-state index in [0.717, 1.165) is 24.3 Å². The summed E-state index contributed by atoms with van der Waals surface area (Å²) in [6, 6.07) is 12.5. The third-order valence-corrected chi connectivity index (χ3v) is 6.07. The molecule has 1 fully saturated rings. The van der Waals surface area contributed by atoms with E-state index in [-0.39, 0.29) is 17.0 Å². The fourth-order valence-corrected chi connectivity index (χ4v) is 4.23. The maximum atomic E-state index is 12.8. The Balaban J connectivity index is 1.83. The second kappa shape index (κ2) is 9.52. The van der Waals surface area contributed by atoms with Gasteiger partial charge in [0.25, 0.3) is 15.8 Å². The van der Waals surface area contributed by atoms with Crippen molar-refractivity contribution in [2.75, 3.05) is 7.11 Å². The number of nitro benzene ring substituents is 1. The van der Waals surface area contributed by atoms with Gasteiger partial charge in [0, 0.05) is 25.7 Å². The zero-order valence-corrected chi connectivity index (χ0v) is 17.6. The molecule has 0 amide bonds. The molecule has 1 aliphatic rings. The van der Waals surface area contributed by atoms with Gasteiger partial charge in [-0.3, -0.25) is 14.3 Å². The van der Waals surface area contributed by atoms with Gasteiger partial charge < -0.3 is 14.2 Å². The van der Waals surface area contributed by atoms with Crippen LogP contribution in [0, 0.1) is 10.1 Å². The lowest BCUT2D eigenvalue weighted by Crippen LogP contribution is -2.51. The molecule has 1 heterocycles. The number of nitrogens with zero attached hydrogens (tertiary/aromatic N) is 1. The number of methoxy groups -OCH3 is 1. The van der Waals surface area contributed by atoms with E-state index in [4.69, 9.17) is 18.4 Å². The van der Waals surface area contributed by atoms with Crippen LogP contribution in [0.5, 0.6) is 0 Å². The summed E-state index contributed by atoms with van der Waals surface area (Å²) in [4.78, 5) is 22.4. The maximum Gasteiger partial charge on any atom is 0.338 e. The molecule has 2 aromatic rings. The van der Waals surface area contributed by atoms with E-state index in [1.165, 1.54) is 7.11 Å². The first-order chi connectivity index (χ1) is 14.7. The highest BCUT2D eigenvalue weighted by atomic mass is 32.2. The van der Waals surface area contributed by atoms with Gasteiger partial charge in [-0.25, -0.2) is 4.79 Å². The van der Waals surface area contributed by atoms with Gasteiger partial charge in [0.05, 0.1) is 21.5 Å². The highest BCUT2D eigenvalue weighted by Crippen LogP contribution is 2.29. The minimum Gasteiger partial charge on any atom is -0.453 e. The van der Waals surface area contributed by atoms with Crippen molar-refractivity contribution in [2.45, 2.75) is 42.8 Å². The molecule has 10 nitrogen and oxygen atoms in total. The summed E-state index contributed by atoms with van der Waals surface area (Å²) in [5.41, 5.74) is 0.0355. The SMILES string of the molecule is CO[C@H]1C[C@@H](OS(=O)(=O)c2ccc([N+](=O)[O-])cc2)[C@H](OC(=O)c2ccccc2)[C@@H](C)O1. The Morgan fingerprint density at radius 3 is 2.35 bits per heavy atom. The molecular weight excluding hydrogens is 430 g/mol. The summed E-state index contributed by atoms with van der Waals surface area (Å²) in [5, 5.41) is 10.8. The average molecular weight is 451 g/mol. The lowest BCUT2D eigenvalue weighted by molar-refractivity contribution is -0.384. The fraction of sp³-hybridized carbons (Fsp3) is 0.350. The van der Waals surface area contributed by atoms with Gasteiger partial charge in [0.15, 0.2) is 12.4 Å². The molecule has 166 valence electrons. The van der Waals surface area contributed by atoms with Crippen molar-refractivity contribution in [1.82, 2.24) is 0 Å². The van der Waals surface area contributed by atoms with Gasteiger partial charge in [-0.05, 0) is 31.2 Å². The topological polar surface area (TPSA) is 131 Å². The third kappa shape index (κ3) is 5.44. The zero-order valence-electron chi connectivity index (χ0n) is 16.7. The summed E-state index contributed by atoms with van der Waals surface area (Å²) < 4.78 is 47.3. The lowest BCUT2D eigenvalue weighted by Gasteiger charge is -2.38. The largest absolute Gasteiger partial charge is 0.453 e. The number of esters is 1. The number of ether oxygens (including phenoxy) is 3. The van der Waals surface area contributed by atoms with Crippen molar-refractivity contribution in [3.05, 3.63) is 70.3 Å². The third-order valence-electron chi connectivity index (χ3n) is 4.72. The van der Waals surface area contributed by atoms with Crippen molar-refractivity contribution >= 4 is 21.8 Å². The van der Waals surface area contributed by atoms with Gasteiger partial charge >= 0.3 is 5.97 Å². The van der Waals surface area contributed by atoms with E-state index in [1.54, 1.807) is 37.3 Å². The quantitative estimate of drug-likeness (QED) is 0.270. The summed E-state index contributed by atoms with van der Waals surface area (Å²) in [7, 11) is -2.92. The predicted molar refractivity (Wildman–Crippen MR) is 107 cm³/mol. The molecule has 0 bridgehead atoms. The first kappa shape index (κ1) is 22.8. The first-order valence-electron chi connectivity index (χ1n) is 9.33. The van der Waals surface area contributed by atoms with Crippen molar-refractivity contribution in [2.24, 2.45) is 0 Å². The molecule has 0 N–H and O–H groups in total. The summed E-state index contributed by atoms with van der Waals surface area (Å²) in [5.74, 6) is -0.654. The Morgan fingerprint density at radius 2 is 1.77 bits per heavy atom. The molecular formula is C20H21NO9S. The molecule has 0 radical (unpaired) electrons. The van der Waals surface area contributed by atoms with E-state index in [9.17, 15) is 23.3 Å². The predicted octanol–water partition coefficient (Wildman–Crippen LogP) is 2.68. The van der Waals surface area contributed by atoms with Crippen LogP contribution in [0.25, 0.3) is 0 Å². The number of non-ortho nitro benzene ring substituents is 1. The average Bonchev–Trinajstić information content (AvgIpc) is 2.76. The molecule has 1 saturated heterocycles. The minimum absolute atomic E-state index is 0.0141. The van der Waals surface area contributed by atoms with E-state index in [0.29, 0.717) is 5.56 Å². The van der Waals surface area contributed by atoms with Crippen molar-refractivity contribution in [1.29, 1.82) is 0 Å². The van der Waals surface area contributed by atoms with E-state index < -0.39 is 45.6 Å². The number of rotatable bonds is 7. The minimum atomic E-state index is -4.32. The Kier molecular flexibility index (Phi) is 7.01. The van der Waals surface area contributed by atoms with Gasteiger partial charge in [-0.15, -0.1) is 0 Å². The zero-order chi connectivity index (χ0) is 22.6. The van der Waals surface area contributed by atoms with E-state index in [1.807, 2.05) is 0 Å². The second-order valence-electron chi connectivity index (χ2n) is 6.82. The smallest absolute Gasteiger partial charge is 0.338 e. The normalized spacial score (nSPS) is 23.8. The molecule has 0 unspecified atom stereocenters. The van der Waals surface area contributed by atoms with Crippen LogP contribution in [0.3, 0.4) is 0 Å². The number of benzene rings is 2. The van der Waals surface area contributed by atoms with Gasteiger partial charge in [-0.2, -0.15) is 8.42 Å². The number of nitro groups is 1. The molecule has 0 aromatic heterocycles. The Hall–Kier alpha value is -2.86. The lowest BCUT2D eigenvalue weighted by atomic mass is 10.0. The van der Waals surface area contributed by atoms with Crippen molar-refractivity contribution in [3.8, 4) is 0 Å². The van der Waals surface area contributed by atoms with Crippen LogP contribution < -0.4 is 0 Å². The fourth-order valence-electron chi connectivity index (χ4n) is 3.13. The van der Waals surface area contributed by atoms with Crippen LogP contribution in [0.2, 0.25) is 0 Å². The highest BCUT2D eigenvalue weighted by Gasteiger charge is 2.43. The Morgan fingerprint density at radius 1 is 1.13 bits per heavy atom. The summed E-state index contributed by atoms with van der Waals surface area (Å²) in [6.45, 7) is 1.61. The first-order valence-corrected chi connectivity index (χ1v) is 10.7. The number of carbonyl (C=O) groups is 1. The molecule has 0 saturated carbocycles. The number of hydrogen-bond donors (Lipinski definition) is 0. The number of carbonyl (C=O) groups excluding carboxylic acids is 1. The summed E-state index contributed by atoms with van der Waals surface area (Å²) >= 11 is 0. The molecule has 0 aliphatic carbocycles.